The Bertz CT molecular complexity index is 417. The number of rotatable bonds is 3. The SMILES string of the molecule is O=C1/C(=C\CC(F)(F)F)NC(=S)N1CC1CCCO1. The minimum Gasteiger partial charge on any atom is -0.376 e. The molecule has 2 fully saturated rings. The summed E-state index contributed by atoms with van der Waals surface area (Å²) in [6.07, 6.45) is -3.01. The molecule has 0 aromatic carbocycles. The van der Waals surface area contributed by atoms with E-state index in [1.807, 2.05) is 0 Å². The predicted molar refractivity (Wildman–Crippen MR) is 65.2 cm³/mol. The van der Waals surface area contributed by atoms with E-state index in [1.165, 1.54) is 4.90 Å². The molecule has 0 aliphatic carbocycles. The molecule has 2 aliphatic rings. The number of hydrogen-bond acceptors (Lipinski definition) is 3. The van der Waals surface area contributed by atoms with Gasteiger partial charge in [-0.15, -0.1) is 0 Å². The van der Waals surface area contributed by atoms with Crippen LogP contribution in [-0.4, -0.2) is 41.4 Å². The summed E-state index contributed by atoms with van der Waals surface area (Å²) >= 11 is 4.95. The number of halogens is 3. The molecule has 0 aromatic heterocycles. The minimum absolute atomic E-state index is 0.0920. The summed E-state index contributed by atoms with van der Waals surface area (Å²) in [5, 5.41) is 2.65. The van der Waals surface area contributed by atoms with E-state index in [0.717, 1.165) is 18.9 Å². The van der Waals surface area contributed by atoms with Crippen molar-refractivity contribution in [3.05, 3.63) is 11.8 Å². The zero-order valence-corrected chi connectivity index (χ0v) is 10.8. The van der Waals surface area contributed by atoms with Crippen LogP contribution >= 0.6 is 12.2 Å². The molecular weight excluding hydrogens is 281 g/mol. The Morgan fingerprint density at radius 3 is 2.84 bits per heavy atom. The molecule has 2 rings (SSSR count). The van der Waals surface area contributed by atoms with Gasteiger partial charge in [0, 0.05) is 6.61 Å². The standard InChI is InChI=1S/C11H13F3N2O2S/c12-11(13,14)4-3-8-9(17)16(10(19)15-8)6-7-2-1-5-18-7/h3,7H,1-2,4-6H2,(H,15,19)/b8-3+. The van der Waals surface area contributed by atoms with Gasteiger partial charge in [-0.1, -0.05) is 0 Å². The monoisotopic (exact) mass is 294 g/mol. The first-order valence-electron chi connectivity index (χ1n) is 5.88. The number of hydrogen-bond donors (Lipinski definition) is 1. The third kappa shape index (κ3) is 3.66. The number of allylic oxidation sites excluding steroid dienone is 1. The van der Waals surface area contributed by atoms with Crippen LogP contribution in [0.4, 0.5) is 13.2 Å². The van der Waals surface area contributed by atoms with Gasteiger partial charge in [0.05, 0.1) is 19.1 Å². The first-order valence-corrected chi connectivity index (χ1v) is 6.29. The topological polar surface area (TPSA) is 41.6 Å². The summed E-state index contributed by atoms with van der Waals surface area (Å²) in [5.41, 5.74) is -0.111. The molecule has 1 amide bonds. The Balaban J connectivity index is 1.99. The van der Waals surface area contributed by atoms with Crippen molar-refractivity contribution in [3.8, 4) is 0 Å². The fraction of sp³-hybridized carbons (Fsp3) is 0.636. The Morgan fingerprint density at radius 1 is 1.53 bits per heavy atom. The van der Waals surface area contributed by atoms with Gasteiger partial charge < -0.3 is 10.1 Å². The highest BCUT2D eigenvalue weighted by Gasteiger charge is 2.34. The smallest absolute Gasteiger partial charge is 0.376 e. The summed E-state index contributed by atoms with van der Waals surface area (Å²) in [6, 6.07) is 0. The number of nitrogens with zero attached hydrogens (tertiary/aromatic N) is 1. The highest BCUT2D eigenvalue weighted by atomic mass is 32.1. The van der Waals surface area contributed by atoms with Crippen LogP contribution in [0.3, 0.4) is 0 Å². The van der Waals surface area contributed by atoms with Gasteiger partial charge in [-0.3, -0.25) is 9.69 Å². The average Bonchev–Trinajstić information content (AvgIpc) is 2.89. The summed E-state index contributed by atoms with van der Waals surface area (Å²) in [4.78, 5) is 13.2. The summed E-state index contributed by atoms with van der Waals surface area (Å²) in [7, 11) is 0. The lowest BCUT2D eigenvalue weighted by molar-refractivity contribution is -0.126. The Morgan fingerprint density at radius 2 is 2.26 bits per heavy atom. The van der Waals surface area contributed by atoms with Gasteiger partial charge in [0.1, 0.15) is 5.70 Å². The molecule has 4 nitrogen and oxygen atoms in total. The molecule has 2 aliphatic heterocycles. The summed E-state index contributed by atoms with van der Waals surface area (Å²) < 4.78 is 41.7. The largest absolute Gasteiger partial charge is 0.392 e. The molecule has 1 unspecified atom stereocenters. The van der Waals surface area contributed by atoms with Crippen LogP contribution in [0.1, 0.15) is 19.3 Å². The maximum Gasteiger partial charge on any atom is 0.392 e. The van der Waals surface area contributed by atoms with Gasteiger partial charge in [-0.05, 0) is 31.1 Å². The lowest BCUT2D eigenvalue weighted by Crippen LogP contribution is -2.37. The first-order chi connectivity index (χ1) is 8.87. The highest BCUT2D eigenvalue weighted by Crippen LogP contribution is 2.23. The van der Waals surface area contributed by atoms with Crippen LogP contribution in [0, 0.1) is 0 Å². The van der Waals surface area contributed by atoms with E-state index < -0.39 is 18.5 Å². The second kappa shape index (κ2) is 5.46. The van der Waals surface area contributed by atoms with Crippen LogP contribution in [0.5, 0.6) is 0 Å². The molecule has 1 atom stereocenters. The maximum absolute atomic E-state index is 12.1. The van der Waals surface area contributed by atoms with Gasteiger partial charge in [0.2, 0.25) is 0 Å². The van der Waals surface area contributed by atoms with Crippen molar-refractivity contribution in [1.29, 1.82) is 0 Å². The number of thiocarbonyl (C=S) groups is 1. The number of nitrogens with one attached hydrogen (secondary N) is 1. The van der Waals surface area contributed by atoms with Crippen LogP contribution in [0.2, 0.25) is 0 Å². The van der Waals surface area contributed by atoms with Gasteiger partial charge in [-0.25, -0.2) is 0 Å². The zero-order chi connectivity index (χ0) is 14.0. The number of carbonyl (C=O) groups excluding carboxylic acids is 1. The highest BCUT2D eigenvalue weighted by molar-refractivity contribution is 7.80. The Kier molecular flexibility index (Phi) is 4.10. The third-order valence-corrected chi connectivity index (χ3v) is 3.23. The molecule has 2 heterocycles. The van der Waals surface area contributed by atoms with Gasteiger partial charge in [0.25, 0.3) is 5.91 Å². The molecule has 0 spiro atoms. The van der Waals surface area contributed by atoms with Crippen molar-refractivity contribution in [1.82, 2.24) is 10.2 Å². The minimum atomic E-state index is -4.33. The molecule has 8 heteroatoms. The van der Waals surface area contributed by atoms with E-state index in [2.05, 4.69) is 5.32 Å². The second-order valence-electron chi connectivity index (χ2n) is 4.42. The van der Waals surface area contributed by atoms with Crippen molar-refractivity contribution in [2.75, 3.05) is 13.2 Å². The quantitative estimate of drug-likeness (QED) is 0.636. The molecule has 2 saturated heterocycles. The molecule has 0 aromatic rings. The van der Waals surface area contributed by atoms with E-state index in [0.29, 0.717) is 6.61 Å². The van der Waals surface area contributed by atoms with E-state index in [-0.39, 0.29) is 23.5 Å². The predicted octanol–water partition coefficient (Wildman–Crippen LogP) is 1.72. The van der Waals surface area contributed by atoms with Crippen molar-refractivity contribution in [2.24, 2.45) is 0 Å². The van der Waals surface area contributed by atoms with Crippen LogP contribution in [0.15, 0.2) is 11.8 Å². The molecule has 0 saturated carbocycles. The fourth-order valence-electron chi connectivity index (χ4n) is 1.99. The van der Waals surface area contributed by atoms with E-state index in [4.69, 9.17) is 17.0 Å². The van der Waals surface area contributed by atoms with Crippen molar-refractivity contribution in [2.45, 2.75) is 31.5 Å². The molecule has 0 bridgehead atoms. The van der Waals surface area contributed by atoms with E-state index in [1.54, 1.807) is 0 Å². The molecule has 106 valence electrons. The first kappa shape index (κ1) is 14.3. The second-order valence-corrected chi connectivity index (χ2v) is 4.80. The van der Waals surface area contributed by atoms with Crippen molar-refractivity contribution < 1.29 is 22.7 Å². The normalized spacial score (nSPS) is 26.4. The summed E-state index contributed by atoms with van der Waals surface area (Å²) in [6.45, 7) is 0.928. The van der Waals surface area contributed by atoms with Crippen LogP contribution in [-0.2, 0) is 9.53 Å². The lowest BCUT2D eigenvalue weighted by Gasteiger charge is -2.18. The molecule has 1 N–H and O–H groups in total. The fourth-order valence-corrected chi connectivity index (χ4v) is 2.26. The molecule has 0 radical (unpaired) electrons. The number of carbonyl (C=O) groups is 1. The molecule has 19 heavy (non-hydrogen) atoms. The number of ether oxygens (including phenoxy) is 1. The zero-order valence-electron chi connectivity index (χ0n) is 10.00. The Hall–Kier alpha value is -1.15. The molecular formula is C11H13F3N2O2S. The number of alkyl halides is 3. The van der Waals surface area contributed by atoms with Gasteiger partial charge in [-0.2, -0.15) is 13.2 Å². The maximum atomic E-state index is 12.1. The third-order valence-electron chi connectivity index (χ3n) is 2.91. The van der Waals surface area contributed by atoms with Crippen molar-refractivity contribution in [3.63, 3.8) is 0 Å². The van der Waals surface area contributed by atoms with Crippen LogP contribution < -0.4 is 5.32 Å². The number of amides is 1. The van der Waals surface area contributed by atoms with Gasteiger partial charge in [0.15, 0.2) is 5.11 Å². The lowest BCUT2D eigenvalue weighted by atomic mass is 10.2. The van der Waals surface area contributed by atoms with E-state index >= 15 is 0 Å². The van der Waals surface area contributed by atoms with Gasteiger partial charge >= 0.3 is 6.18 Å². The summed E-state index contributed by atoms with van der Waals surface area (Å²) in [5.74, 6) is -0.523. The average molecular weight is 294 g/mol. The Labute approximate surface area is 113 Å². The van der Waals surface area contributed by atoms with Crippen LogP contribution in [0.25, 0.3) is 0 Å². The van der Waals surface area contributed by atoms with Crippen molar-refractivity contribution >= 4 is 23.2 Å². The van der Waals surface area contributed by atoms with E-state index in [9.17, 15) is 18.0 Å².